The van der Waals surface area contributed by atoms with Crippen molar-refractivity contribution in [3.05, 3.63) is 46.5 Å². The van der Waals surface area contributed by atoms with Crippen molar-refractivity contribution in [2.24, 2.45) is 0 Å². The molecule has 84 valence electrons. The molecule has 0 heterocycles. The van der Waals surface area contributed by atoms with E-state index in [1.807, 2.05) is 6.07 Å². The fourth-order valence-corrected chi connectivity index (χ4v) is 2.31. The maximum Gasteiger partial charge on any atom is 0.134 e. The largest absolute Gasteiger partial charge is 0.300 e. The van der Waals surface area contributed by atoms with Gasteiger partial charge in [-0.05, 0) is 38.3 Å². The molecule has 0 aliphatic heterocycles. The second-order valence-corrected chi connectivity index (χ2v) is 4.86. The monoisotopic (exact) mass is 214 g/mol. The van der Waals surface area contributed by atoms with Gasteiger partial charge in [0.05, 0.1) is 0 Å². The van der Waals surface area contributed by atoms with Gasteiger partial charge in [-0.3, -0.25) is 4.79 Å². The van der Waals surface area contributed by atoms with Crippen molar-refractivity contribution in [3.63, 3.8) is 0 Å². The second kappa shape index (κ2) is 4.25. The maximum absolute atomic E-state index is 11.2. The number of carbonyl (C=O) groups excluding carboxylic acids is 1. The first-order valence-corrected chi connectivity index (χ1v) is 5.83. The highest BCUT2D eigenvalue weighted by molar-refractivity contribution is 5.78. The Bertz CT molecular complexity index is 450. The van der Waals surface area contributed by atoms with Crippen LogP contribution in [0, 0.1) is 0 Å². The summed E-state index contributed by atoms with van der Waals surface area (Å²) in [5.74, 6) is 0.826. The van der Waals surface area contributed by atoms with Gasteiger partial charge in [-0.25, -0.2) is 0 Å². The molecule has 0 radical (unpaired) electrons. The zero-order chi connectivity index (χ0) is 11.7. The van der Waals surface area contributed by atoms with Crippen LogP contribution in [0.1, 0.15) is 44.2 Å². The van der Waals surface area contributed by atoms with Crippen LogP contribution < -0.4 is 0 Å². The van der Waals surface area contributed by atoms with Crippen molar-refractivity contribution in [2.45, 2.75) is 39.5 Å². The third-order valence-electron chi connectivity index (χ3n) is 3.20. The molecule has 0 saturated heterocycles. The van der Waals surface area contributed by atoms with E-state index in [1.54, 1.807) is 12.5 Å². The van der Waals surface area contributed by atoms with Gasteiger partial charge in [0.1, 0.15) is 5.78 Å². The Morgan fingerprint density at radius 1 is 1.25 bits per heavy atom. The van der Waals surface area contributed by atoms with Gasteiger partial charge in [0.15, 0.2) is 0 Å². The van der Waals surface area contributed by atoms with Crippen molar-refractivity contribution in [2.75, 3.05) is 0 Å². The lowest BCUT2D eigenvalue weighted by Gasteiger charge is -2.06. The van der Waals surface area contributed by atoms with Crippen molar-refractivity contribution >= 4 is 5.78 Å². The van der Waals surface area contributed by atoms with Gasteiger partial charge >= 0.3 is 0 Å². The number of allylic oxidation sites excluding steroid dienone is 2. The van der Waals surface area contributed by atoms with Crippen LogP contribution in [0.4, 0.5) is 0 Å². The van der Waals surface area contributed by atoms with E-state index in [0.29, 0.717) is 12.3 Å². The summed E-state index contributed by atoms with van der Waals surface area (Å²) in [6.07, 6.45) is 1.75. The molecule has 0 N–H and O–H groups in total. The molecule has 1 aromatic carbocycles. The highest BCUT2D eigenvalue weighted by atomic mass is 16.1. The molecular weight excluding hydrogens is 196 g/mol. The lowest BCUT2D eigenvalue weighted by molar-refractivity contribution is -0.116. The van der Waals surface area contributed by atoms with E-state index < -0.39 is 0 Å². The molecule has 1 nitrogen and oxygen atoms in total. The van der Waals surface area contributed by atoms with Crippen LogP contribution in [-0.2, 0) is 11.2 Å². The van der Waals surface area contributed by atoms with E-state index in [-0.39, 0.29) is 5.78 Å². The van der Waals surface area contributed by atoms with Crippen LogP contribution in [0.2, 0.25) is 0 Å². The Hall–Kier alpha value is -1.37. The van der Waals surface area contributed by atoms with Crippen molar-refractivity contribution in [1.82, 2.24) is 0 Å². The highest BCUT2D eigenvalue weighted by Gasteiger charge is 2.33. The Balaban J connectivity index is 2.29. The third kappa shape index (κ3) is 2.24. The van der Waals surface area contributed by atoms with E-state index in [1.165, 1.54) is 23.1 Å². The topological polar surface area (TPSA) is 17.1 Å². The van der Waals surface area contributed by atoms with Gasteiger partial charge in [0.25, 0.3) is 0 Å². The zero-order valence-electron chi connectivity index (χ0n) is 10.2. The summed E-state index contributed by atoms with van der Waals surface area (Å²) in [5, 5.41) is 0. The molecule has 1 atom stereocenters. The molecule has 1 aliphatic rings. The minimum Gasteiger partial charge on any atom is -0.300 e. The van der Waals surface area contributed by atoms with Crippen LogP contribution in [0.5, 0.6) is 0 Å². The number of hydrogen-bond acceptors (Lipinski definition) is 1. The van der Waals surface area contributed by atoms with Gasteiger partial charge in [-0.15, -0.1) is 0 Å². The van der Waals surface area contributed by atoms with Crippen molar-refractivity contribution in [1.29, 1.82) is 0 Å². The summed E-state index contributed by atoms with van der Waals surface area (Å²) in [5.41, 5.74) is 5.55. The average molecular weight is 214 g/mol. The van der Waals surface area contributed by atoms with Crippen molar-refractivity contribution < 1.29 is 4.79 Å². The van der Waals surface area contributed by atoms with E-state index in [0.717, 1.165) is 0 Å². The summed E-state index contributed by atoms with van der Waals surface area (Å²) in [6.45, 7) is 6.00. The summed E-state index contributed by atoms with van der Waals surface area (Å²) in [7, 11) is 0. The molecule has 1 unspecified atom stereocenters. The maximum atomic E-state index is 11.2. The van der Waals surface area contributed by atoms with Gasteiger partial charge in [0, 0.05) is 12.3 Å². The molecule has 2 rings (SSSR count). The Morgan fingerprint density at radius 3 is 2.50 bits per heavy atom. The predicted octanol–water partition coefficient (Wildman–Crippen LogP) is 3.64. The Morgan fingerprint density at radius 2 is 1.94 bits per heavy atom. The summed E-state index contributed by atoms with van der Waals surface area (Å²) < 4.78 is 0. The fraction of sp³-hybridized carbons (Fsp3) is 0.400. The number of carbonyl (C=O) groups is 1. The van der Waals surface area contributed by atoms with Crippen LogP contribution in [0.15, 0.2) is 35.4 Å². The van der Waals surface area contributed by atoms with E-state index in [9.17, 15) is 4.79 Å². The molecule has 16 heavy (non-hydrogen) atoms. The molecule has 0 amide bonds. The van der Waals surface area contributed by atoms with Gasteiger partial charge < -0.3 is 0 Å². The lowest BCUT2D eigenvalue weighted by atomic mass is 9.98. The highest BCUT2D eigenvalue weighted by Crippen LogP contribution is 2.49. The molecule has 0 spiro atoms. The predicted molar refractivity (Wildman–Crippen MR) is 66.6 cm³/mol. The number of benzene rings is 1. The first kappa shape index (κ1) is 11.1. The Kier molecular flexibility index (Phi) is 2.95. The van der Waals surface area contributed by atoms with Crippen LogP contribution in [-0.4, -0.2) is 5.78 Å². The summed E-state index contributed by atoms with van der Waals surface area (Å²) in [4.78, 5) is 11.2. The second-order valence-electron chi connectivity index (χ2n) is 4.86. The van der Waals surface area contributed by atoms with Gasteiger partial charge in [-0.1, -0.05) is 35.4 Å². The van der Waals surface area contributed by atoms with E-state index >= 15 is 0 Å². The molecule has 1 heteroatoms. The molecule has 0 bridgehead atoms. The number of ketones is 1. The van der Waals surface area contributed by atoms with Crippen LogP contribution in [0.25, 0.3) is 0 Å². The fourth-order valence-electron chi connectivity index (χ4n) is 2.31. The standard InChI is InChI=1S/C15H18O/c1-10(2)14-9-15(14)13-7-5-4-6-12(13)8-11(3)16/h4-7,15H,8-9H2,1-3H3. The zero-order valence-corrected chi connectivity index (χ0v) is 10.2. The molecule has 1 aliphatic carbocycles. The minimum absolute atomic E-state index is 0.242. The van der Waals surface area contributed by atoms with Crippen LogP contribution in [0.3, 0.4) is 0 Å². The van der Waals surface area contributed by atoms with E-state index in [2.05, 4.69) is 32.0 Å². The quantitative estimate of drug-likeness (QED) is 0.702. The molecule has 1 fully saturated rings. The van der Waals surface area contributed by atoms with Crippen molar-refractivity contribution in [3.8, 4) is 0 Å². The smallest absolute Gasteiger partial charge is 0.134 e. The first-order chi connectivity index (χ1) is 7.59. The Labute approximate surface area is 97.2 Å². The normalized spacial score (nSPS) is 18.4. The molecule has 1 saturated carbocycles. The van der Waals surface area contributed by atoms with E-state index in [4.69, 9.17) is 0 Å². The number of Topliss-reactive ketones (excluding diaryl/α,β-unsaturated/α-hetero) is 1. The average Bonchev–Trinajstić information content (AvgIpc) is 2.97. The molecule has 1 aromatic rings. The number of rotatable bonds is 3. The molecule has 0 aromatic heterocycles. The number of hydrogen-bond donors (Lipinski definition) is 0. The van der Waals surface area contributed by atoms with Gasteiger partial charge in [-0.2, -0.15) is 0 Å². The summed E-state index contributed by atoms with van der Waals surface area (Å²) >= 11 is 0. The summed E-state index contributed by atoms with van der Waals surface area (Å²) in [6, 6.07) is 8.34. The van der Waals surface area contributed by atoms with Gasteiger partial charge in [0.2, 0.25) is 0 Å². The third-order valence-corrected chi connectivity index (χ3v) is 3.20. The lowest BCUT2D eigenvalue weighted by Crippen LogP contribution is -2.00. The first-order valence-electron chi connectivity index (χ1n) is 5.83. The molecular formula is C15H18O. The SMILES string of the molecule is CC(=O)Cc1ccccc1C1CC1=C(C)C. The minimum atomic E-state index is 0.242. The van der Waals surface area contributed by atoms with Crippen LogP contribution >= 0.6 is 0 Å².